The molecular weight excluding hydrogens is 431 g/mol. The first-order valence-electron chi connectivity index (χ1n) is 12.2. The van der Waals surface area contributed by atoms with E-state index < -0.39 is 0 Å². The Kier molecular flexibility index (Phi) is 6.41. The maximum Gasteiger partial charge on any atom is 0.257 e. The SMILES string of the molecule is CC(C)c1c(C(=O)N2CCN(C3CCCC3)CC2)cnn1-c1nccc(-c2ccccc2F)n1. The number of piperazine rings is 1. The Morgan fingerprint density at radius 1 is 1.06 bits per heavy atom. The Morgan fingerprint density at radius 3 is 2.50 bits per heavy atom. The smallest absolute Gasteiger partial charge is 0.257 e. The van der Waals surface area contributed by atoms with E-state index in [2.05, 4.69) is 20.0 Å². The van der Waals surface area contributed by atoms with Gasteiger partial charge in [0.05, 0.1) is 23.1 Å². The van der Waals surface area contributed by atoms with Gasteiger partial charge in [-0.2, -0.15) is 5.10 Å². The topological polar surface area (TPSA) is 67.2 Å². The lowest BCUT2D eigenvalue weighted by Gasteiger charge is -2.38. The second kappa shape index (κ2) is 9.62. The monoisotopic (exact) mass is 462 g/mol. The average Bonchev–Trinajstić information content (AvgIpc) is 3.55. The average molecular weight is 463 g/mol. The molecule has 2 aromatic heterocycles. The third kappa shape index (κ3) is 4.34. The Labute approximate surface area is 199 Å². The zero-order valence-electron chi connectivity index (χ0n) is 19.8. The predicted molar refractivity (Wildman–Crippen MR) is 128 cm³/mol. The Bertz CT molecular complexity index is 1160. The van der Waals surface area contributed by atoms with Crippen LogP contribution in [0.15, 0.2) is 42.7 Å². The summed E-state index contributed by atoms with van der Waals surface area (Å²) in [6.07, 6.45) is 8.43. The predicted octanol–water partition coefficient (Wildman–Crippen LogP) is 4.29. The van der Waals surface area contributed by atoms with Crippen molar-refractivity contribution in [1.82, 2.24) is 29.5 Å². The van der Waals surface area contributed by atoms with Crippen LogP contribution in [0.4, 0.5) is 4.39 Å². The molecule has 34 heavy (non-hydrogen) atoms. The van der Waals surface area contributed by atoms with Crippen LogP contribution < -0.4 is 0 Å². The summed E-state index contributed by atoms with van der Waals surface area (Å²) in [5.41, 5.74) is 2.24. The molecule has 1 amide bonds. The summed E-state index contributed by atoms with van der Waals surface area (Å²) in [4.78, 5) is 26.9. The van der Waals surface area contributed by atoms with Crippen molar-refractivity contribution in [2.75, 3.05) is 26.2 Å². The molecule has 8 heteroatoms. The van der Waals surface area contributed by atoms with Crippen LogP contribution in [0.1, 0.15) is 61.5 Å². The number of hydrogen-bond donors (Lipinski definition) is 0. The normalized spacial score (nSPS) is 17.6. The molecule has 0 unspecified atom stereocenters. The van der Waals surface area contributed by atoms with Crippen molar-refractivity contribution in [3.8, 4) is 17.2 Å². The van der Waals surface area contributed by atoms with Crippen molar-refractivity contribution in [3.05, 3.63) is 59.8 Å². The van der Waals surface area contributed by atoms with Gasteiger partial charge in [0, 0.05) is 44.0 Å². The minimum absolute atomic E-state index is 0.00582. The summed E-state index contributed by atoms with van der Waals surface area (Å²) in [7, 11) is 0. The number of halogens is 1. The number of amides is 1. The lowest BCUT2D eigenvalue weighted by molar-refractivity contribution is 0.0572. The quantitative estimate of drug-likeness (QED) is 0.566. The van der Waals surface area contributed by atoms with Gasteiger partial charge in [-0.25, -0.2) is 19.0 Å². The molecule has 1 aromatic carbocycles. The summed E-state index contributed by atoms with van der Waals surface area (Å²) >= 11 is 0. The van der Waals surface area contributed by atoms with Crippen molar-refractivity contribution >= 4 is 5.91 Å². The highest BCUT2D eigenvalue weighted by Crippen LogP contribution is 2.27. The minimum Gasteiger partial charge on any atom is -0.336 e. The van der Waals surface area contributed by atoms with Crippen LogP contribution >= 0.6 is 0 Å². The van der Waals surface area contributed by atoms with E-state index in [1.807, 2.05) is 18.7 Å². The van der Waals surface area contributed by atoms with E-state index in [9.17, 15) is 9.18 Å². The molecule has 178 valence electrons. The van der Waals surface area contributed by atoms with Gasteiger partial charge in [0.1, 0.15) is 5.82 Å². The molecule has 7 nitrogen and oxygen atoms in total. The minimum atomic E-state index is -0.343. The second-order valence-electron chi connectivity index (χ2n) is 9.50. The van der Waals surface area contributed by atoms with Gasteiger partial charge in [-0.1, -0.05) is 38.8 Å². The maximum atomic E-state index is 14.3. The maximum absolute atomic E-state index is 14.3. The van der Waals surface area contributed by atoms with Crippen molar-refractivity contribution in [2.24, 2.45) is 0 Å². The fourth-order valence-corrected chi connectivity index (χ4v) is 5.24. The molecule has 5 rings (SSSR count). The van der Waals surface area contributed by atoms with Gasteiger partial charge >= 0.3 is 0 Å². The van der Waals surface area contributed by atoms with Gasteiger partial charge in [-0.3, -0.25) is 9.69 Å². The summed E-state index contributed by atoms with van der Waals surface area (Å²) < 4.78 is 15.9. The lowest BCUT2D eigenvalue weighted by Crippen LogP contribution is -2.51. The Balaban J connectivity index is 1.40. The number of benzene rings is 1. The zero-order valence-corrected chi connectivity index (χ0v) is 19.8. The highest BCUT2D eigenvalue weighted by atomic mass is 19.1. The third-order valence-electron chi connectivity index (χ3n) is 7.01. The van der Waals surface area contributed by atoms with E-state index in [-0.39, 0.29) is 17.6 Å². The lowest BCUT2D eigenvalue weighted by atomic mass is 10.0. The molecule has 1 saturated heterocycles. The molecular formula is C26H31FN6O. The fourth-order valence-electron chi connectivity index (χ4n) is 5.24. The van der Waals surface area contributed by atoms with Gasteiger partial charge in [0.25, 0.3) is 11.9 Å². The van der Waals surface area contributed by atoms with E-state index in [4.69, 9.17) is 0 Å². The molecule has 0 atom stereocenters. The molecule has 2 aliphatic rings. The summed E-state index contributed by atoms with van der Waals surface area (Å²) in [5.74, 6) is 0.0205. The van der Waals surface area contributed by atoms with E-state index in [0.717, 1.165) is 31.9 Å². The van der Waals surface area contributed by atoms with Crippen molar-refractivity contribution < 1.29 is 9.18 Å². The summed E-state index contributed by atoms with van der Waals surface area (Å²) in [6.45, 7) is 7.38. The molecule has 0 spiro atoms. The zero-order chi connectivity index (χ0) is 23.7. The standard InChI is InChI=1S/C26H31FN6O/c1-18(2)24-21(25(34)32-15-13-31(14-16-32)19-7-3-4-8-19)17-29-33(24)26-28-12-11-23(30-26)20-9-5-6-10-22(20)27/h5-6,9-12,17-19H,3-4,7-8,13-16H2,1-2H3. The van der Waals surface area contributed by atoms with Crippen molar-refractivity contribution in [2.45, 2.75) is 51.5 Å². The van der Waals surface area contributed by atoms with E-state index in [1.54, 1.807) is 41.3 Å². The fraction of sp³-hybridized carbons (Fsp3) is 0.462. The molecule has 0 radical (unpaired) electrons. The van der Waals surface area contributed by atoms with Crippen LogP contribution in [-0.4, -0.2) is 67.7 Å². The number of nitrogens with zero attached hydrogens (tertiary/aromatic N) is 6. The number of rotatable bonds is 5. The van der Waals surface area contributed by atoms with Crippen molar-refractivity contribution in [3.63, 3.8) is 0 Å². The second-order valence-corrected chi connectivity index (χ2v) is 9.50. The van der Waals surface area contributed by atoms with Crippen LogP contribution in [0, 0.1) is 5.82 Å². The van der Waals surface area contributed by atoms with Crippen LogP contribution in [0.25, 0.3) is 17.2 Å². The van der Waals surface area contributed by atoms with Crippen molar-refractivity contribution in [1.29, 1.82) is 0 Å². The van der Waals surface area contributed by atoms with E-state index in [1.165, 1.54) is 31.7 Å². The third-order valence-corrected chi connectivity index (χ3v) is 7.01. The van der Waals surface area contributed by atoms with Gasteiger partial charge in [0.2, 0.25) is 0 Å². The van der Waals surface area contributed by atoms with Crippen LogP contribution in [0.5, 0.6) is 0 Å². The summed E-state index contributed by atoms with van der Waals surface area (Å²) in [5, 5.41) is 4.50. The van der Waals surface area contributed by atoms with E-state index >= 15 is 0 Å². The van der Waals surface area contributed by atoms with E-state index in [0.29, 0.717) is 28.8 Å². The van der Waals surface area contributed by atoms with Crippen LogP contribution in [0.2, 0.25) is 0 Å². The van der Waals surface area contributed by atoms with Gasteiger partial charge < -0.3 is 4.90 Å². The molecule has 3 aromatic rings. The molecule has 3 heterocycles. The van der Waals surface area contributed by atoms with Crippen LogP contribution in [-0.2, 0) is 0 Å². The number of carbonyl (C=O) groups excluding carboxylic acids is 1. The van der Waals surface area contributed by atoms with Gasteiger partial charge in [0.15, 0.2) is 0 Å². The molecule has 0 N–H and O–H groups in total. The van der Waals surface area contributed by atoms with Gasteiger partial charge in [-0.15, -0.1) is 0 Å². The highest BCUT2D eigenvalue weighted by molar-refractivity contribution is 5.95. The molecule has 0 bridgehead atoms. The Morgan fingerprint density at radius 2 is 1.79 bits per heavy atom. The molecule has 2 fully saturated rings. The number of aromatic nitrogens is 4. The number of carbonyl (C=O) groups is 1. The number of hydrogen-bond acceptors (Lipinski definition) is 5. The Hall–Kier alpha value is -3.13. The summed E-state index contributed by atoms with van der Waals surface area (Å²) in [6, 6.07) is 8.89. The molecule has 1 aliphatic heterocycles. The van der Waals surface area contributed by atoms with Crippen LogP contribution in [0.3, 0.4) is 0 Å². The first kappa shape index (κ1) is 22.7. The first-order chi connectivity index (χ1) is 16.5. The van der Waals surface area contributed by atoms with Gasteiger partial charge in [-0.05, 0) is 37.0 Å². The molecule has 1 saturated carbocycles. The largest absolute Gasteiger partial charge is 0.336 e. The first-order valence-corrected chi connectivity index (χ1v) is 12.2. The highest BCUT2D eigenvalue weighted by Gasteiger charge is 2.31. The molecule has 1 aliphatic carbocycles.